The molecule has 0 saturated heterocycles. The van der Waals surface area contributed by atoms with E-state index in [1.54, 1.807) is 26.4 Å². The van der Waals surface area contributed by atoms with Gasteiger partial charge in [0.25, 0.3) is 0 Å². The van der Waals surface area contributed by atoms with Crippen LogP contribution in [0.3, 0.4) is 0 Å². The zero-order valence-electron chi connectivity index (χ0n) is 20.2. The zero-order chi connectivity index (χ0) is 24.1. The minimum absolute atomic E-state index is 0.00606. The molecule has 0 saturated carbocycles. The smallest absolute Gasteiger partial charge is 0.161 e. The van der Waals surface area contributed by atoms with Gasteiger partial charge in [0, 0.05) is 29.2 Å². The van der Waals surface area contributed by atoms with Crippen LogP contribution >= 0.6 is 0 Å². The summed E-state index contributed by atoms with van der Waals surface area (Å²) in [5.74, 6) is 2.18. The predicted octanol–water partition coefficient (Wildman–Crippen LogP) is 5.97. The lowest BCUT2D eigenvalue weighted by molar-refractivity contribution is 0.127. The largest absolute Gasteiger partial charge is 0.497 e. The highest BCUT2D eigenvalue weighted by Crippen LogP contribution is 2.50. The summed E-state index contributed by atoms with van der Waals surface area (Å²) in [6, 6.07) is 17.6. The van der Waals surface area contributed by atoms with Crippen LogP contribution in [-0.2, 0) is 12.8 Å². The van der Waals surface area contributed by atoms with Gasteiger partial charge in [0.2, 0.25) is 0 Å². The molecule has 0 radical (unpaired) electrons. The van der Waals surface area contributed by atoms with Crippen molar-refractivity contribution in [2.75, 3.05) is 27.4 Å². The molecule has 35 heavy (non-hydrogen) atoms. The molecule has 2 atom stereocenters. The Bertz CT molecular complexity index is 1400. The maximum absolute atomic E-state index is 13.9. The van der Waals surface area contributed by atoms with Crippen molar-refractivity contribution in [3.63, 3.8) is 0 Å². The van der Waals surface area contributed by atoms with Gasteiger partial charge in [-0.25, -0.2) is 4.39 Å². The molecule has 0 aliphatic carbocycles. The van der Waals surface area contributed by atoms with Crippen molar-refractivity contribution in [2.45, 2.75) is 31.8 Å². The number of nitrogens with zero attached hydrogens (tertiary/aromatic N) is 1. The van der Waals surface area contributed by atoms with E-state index in [9.17, 15) is 4.39 Å². The van der Waals surface area contributed by atoms with Crippen molar-refractivity contribution in [3.8, 4) is 17.2 Å². The number of benzene rings is 3. The van der Waals surface area contributed by atoms with E-state index in [1.807, 2.05) is 25.1 Å². The third-order valence-electron chi connectivity index (χ3n) is 7.46. The van der Waals surface area contributed by atoms with Crippen LogP contribution in [0, 0.1) is 5.82 Å². The van der Waals surface area contributed by atoms with Crippen LogP contribution in [0.25, 0.3) is 10.9 Å². The van der Waals surface area contributed by atoms with Gasteiger partial charge < -0.3 is 19.2 Å². The molecule has 1 N–H and O–H groups in total. The molecule has 180 valence electrons. The van der Waals surface area contributed by atoms with Crippen molar-refractivity contribution in [3.05, 3.63) is 88.4 Å². The van der Waals surface area contributed by atoms with Crippen LogP contribution in [-0.4, -0.2) is 37.3 Å². The molecule has 2 aliphatic heterocycles. The van der Waals surface area contributed by atoms with Crippen LogP contribution < -0.4 is 14.2 Å². The summed E-state index contributed by atoms with van der Waals surface area (Å²) >= 11 is 0. The number of ether oxygens (including phenoxy) is 3. The Hall–Kier alpha value is -3.51. The Morgan fingerprint density at radius 1 is 1.00 bits per heavy atom. The van der Waals surface area contributed by atoms with Crippen LogP contribution in [0.1, 0.15) is 47.0 Å². The Balaban J connectivity index is 1.55. The first kappa shape index (κ1) is 22.0. The summed E-state index contributed by atoms with van der Waals surface area (Å²) < 4.78 is 31.0. The van der Waals surface area contributed by atoms with Crippen LogP contribution in [0.2, 0.25) is 0 Å². The van der Waals surface area contributed by atoms with E-state index in [-0.39, 0.29) is 17.9 Å². The molecule has 6 heteroatoms. The van der Waals surface area contributed by atoms with Gasteiger partial charge in [-0.3, -0.25) is 4.90 Å². The van der Waals surface area contributed by atoms with Crippen LogP contribution in [0.15, 0.2) is 54.6 Å². The first-order valence-corrected chi connectivity index (χ1v) is 12.1. The van der Waals surface area contributed by atoms with Crippen molar-refractivity contribution < 1.29 is 18.6 Å². The summed E-state index contributed by atoms with van der Waals surface area (Å²) in [7, 11) is 3.39. The standard InChI is InChI=1S/C29H29FN2O3/c1-4-35-27-13-18-11-12-32-25(21(18)16-26(27)34-3)15-23-22-14-20(33-2)9-10-24(22)31-28(23)29(32)17-5-7-19(30)8-6-17/h5-10,13-14,16,25,29,31H,4,11-12,15H2,1-3H3. The lowest BCUT2D eigenvalue weighted by atomic mass is 9.80. The second-order valence-electron chi connectivity index (χ2n) is 9.23. The van der Waals surface area contributed by atoms with Gasteiger partial charge in [-0.2, -0.15) is 0 Å². The fraction of sp³-hybridized carbons (Fsp3) is 0.310. The van der Waals surface area contributed by atoms with E-state index < -0.39 is 0 Å². The number of hydrogen-bond donors (Lipinski definition) is 1. The quantitative estimate of drug-likeness (QED) is 0.389. The predicted molar refractivity (Wildman–Crippen MR) is 134 cm³/mol. The maximum atomic E-state index is 13.9. The summed E-state index contributed by atoms with van der Waals surface area (Å²) in [6.07, 6.45) is 1.78. The molecular formula is C29H29FN2O3. The monoisotopic (exact) mass is 472 g/mol. The summed E-state index contributed by atoms with van der Waals surface area (Å²) in [5, 5.41) is 1.18. The number of nitrogens with one attached hydrogen (secondary N) is 1. The lowest BCUT2D eigenvalue weighted by Crippen LogP contribution is -2.43. The summed E-state index contributed by atoms with van der Waals surface area (Å²) in [4.78, 5) is 6.25. The maximum Gasteiger partial charge on any atom is 0.161 e. The van der Waals surface area contributed by atoms with E-state index in [0.29, 0.717) is 6.61 Å². The third-order valence-corrected chi connectivity index (χ3v) is 7.46. The zero-order valence-corrected chi connectivity index (χ0v) is 20.2. The fourth-order valence-electron chi connectivity index (χ4n) is 5.88. The van der Waals surface area contributed by atoms with Gasteiger partial charge in [0.05, 0.1) is 26.9 Å². The van der Waals surface area contributed by atoms with Gasteiger partial charge in [-0.15, -0.1) is 0 Å². The fourth-order valence-corrected chi connectivity index (χ4v) is 5.88. The molecule has 1 aromatic heterocycles. The Morgan fingerprint density at radius 2 is 1.83 bits per heavy atom. The molecule has 3 heterocycles. The molecule has 2 aliphatic rings. The normalized spacial score (nSPS) is 19.1. The van der Waals surface area contributed by atoms with E-state index in [1.165, 1.54) is 27.8 Å². The number of methoxy groups -OCH3 is 2. The molecule has 2 unspecified atom stereocenters. The molecule has 4 aromatic rings. The molecular weight excluding hydrogens is 443 g/mol. The van der Waals surface area contributed by atoms with E-state index in [4.69, 9.17) is 14.2 Å². The van der Waals surface area contributed by atoms with Crippen molar-refractivity contribution in [2.24, 2.45) is 0 Å². The average molecular weight is 473 g/mol. The molecule has 0 bridgehead atoms. The van der Waals surface area contributed by atoms with Gasteiger partial charge in [-0.05, 0) is 84.5 Å². The van der Waals surface area contributed by atoms with E-state index in [0.717, 1.165) is 47.7 Å². The van der Waals surface area contributed by atoms with Crippen molar-refractivity contribution >= 4 is 10.9 Å². The third kappa shape index (κ3) is 3.55. The van der Waals surface area contributed by atoms with E-state index >= 15 is 0 Å². The van der Waals surface area contributed by atoms with Crippen LogP contribution in [0.5, 0.6) is 17.2 Å². The first-order valence-electron chi connectivity index (χ1n) is 12.1. The Labute approximate surface area is 204 Å². The highest BCUT2D eigenvalue weighted by atomic mass is 19.1. The Morgan fingerprint density at radius 3 is 2.57 bits per heavy atom. The number of H-pyrrole nitrogens is 1. The molecule has 0 spiro atoms. The minimum atomic E-state index is -0.222. The lowest BCUT2D eigenvalue weighted by Gasteiger charge is -2.46. The van der Waals surface area contributed by atoms with Gasteiger partial charge in [-0.1, -0.05) is 12.1 Å². The molecule has 3 aromatic carbocycles. The highest BCUT2D eigenvalue weighted by molar-refractivity contribution is 5.87. The topological polar surface area (TPSA) is 46.7 Å². The molecule has 5 nitrogen and oxygen atoms in total. The van der Waals surface area contributed by atoms with Crippen LogP contribution in [0.4, 0.5) is 4.39 Å². The first-order chi connectivity index (χ1) is 17.1. The van der Waals surface area contributed by atoms with Crippen molar-refractivity contribution in [1.29, 1.82) is 0 Å². The molecule has 6 rings (SSSR count). The SMILES string of the molecule is CCOc1cc2c(cc1OC)C1Cc3c([nH]c4ccc(OC)cc34)C(c3ccc(F)cc3)N1CC2. The number of aromatic amines is 1. The number of halogens is 1. The number of fused-ring (bicyclic) bond motifs is 6. The number of aromatic nitrogens is 1. The van der Waals surface area contributed by atoms with Gasteiger partial charge in [0.1, 0.15) is 11.6 Å². The second-order valence-corrected chi connectivity index (χ2v) is 9.23. The highest BCUT2D eigenvalue weighted by Gasteiger charge is 2.41. The summed E-state index contributed by atoms with van der Waals surface area (Å²) in [5.41, 5.74) is 7.21. The number of hydrogen-bond acceptors (Lipinski definition) is 4. The van der Waals surface area contributed by atoms with E-state index in [2.05, 4.69) is 34.1 Å². The molecule has 0 fully saturated rings. The summed E-state index contributed by atoms with van der Waals surface area (Å²) in [6.45, 7) is 3.48. The number of rotatable bonds is 5. The average Bonchev–Trinajstić information content (AvgIpc) is 3.25. The van der Waals surface area contributed by atoms with Gasteiger partial charge in [0.15, 0.2) is 11.5 Å². The Kier molecular flexibility index (Phi) is 5.41. The second kappa shape index (κ2) is 8.61. The van der Waals surface area contributed by atoms with Crippen molar-refractivity contribution in [1.82, 2.24) is 9.88 Å². The molecule has 0 amide bonds. The van der Waals surface area contributed by atoms with Gasteiger partial charge >= 0.3 is 0 Å². The minimum Gasteiger partial charge on any atom is -0.497 e.